The van der Waals surface area contributed by atoms with E-state index in [0.717, 1.165) is 18.9 Å². The summed E-state index contributed by atoms with van der Waals surface area (Å²) in [5.74, 6) is 0. The largest absolute Gasteiger partial charge is 0.418 e. The van der Waals surface area contributed by atoms with Crippen molar-refractivity contribution in [3.05, 3.63) is 28.2 Å². The smallest absolute Gasteiger partial charge is 0.369 e. The molecular formula is C13H16BrF3N2. The van der Waals surface area contributed by atoms with Crippen molar-refractivity contribution in [1.29, 1.82) is 0 Å². The average Bonchev–Trinajstić information content (AvgIpc) is 2.37. The predicted molar refractivity (Wildman–Crippen MR) is 73.4 cm³/mol. The molecule has 0 saturated carbocycles. The minimum atomic E-state index is -4.32. The molecule has 1 aromatic carbocycles. The van der Waals surface area contributed by atoms with Gasteiger partial charge in [-0.3, -0.25) is 0 Å². The van der Waals surface area contributed by atoms with Crippen LogP contribution in [0, 0.1) is 0 Å². The molecule has 1 atom stereocenters. The maximum absolute atomic E-state index is 13.1. The summed E-state index contributed by atoms with van der Waals surface area (Å²) in [4.78, 5) is 1.82. The van der Waals surface area contributed by atoms with Crippen LogP contribution in [0.2, 0.25) is 0 Å². The Labute approximate surface area is 119 Å². The molecule has 0 amide bonds. The van der Waals surface area contributed by atoms with E-state index in [2.05, 4.69) is 21.2 Å². The van der Waals surface area contributed by atoms with Crippen LogP contribution in [0.1, 0.15) is 18.4 Å². The number of hydrogen-bond donors (Lipinski definition) is 1. The first kappa shape index (κ1) is 14.7. The van der Waals surface area contributed by atoms with Crippen molar-refractivity contribution < 1.29 is 13.2 Å². The summed E-state index contributed by atoms with van der Waals surface area (Å²) >= 11 is 3.25. The van der Waals surface area contributed by atoms with Gasteiger partial charge < -0.3 is 10.2 Å². The third-order valence-corrected chi connectivity index (χ3v) is 3.93. The van der Waals surface area contributed by atoms with Crippen molar-refractivity contribution in [2.75, 3.05) is 25.0 Å². The van der Waals surface area contributed by atoms with Gasteiger partial charge in [-0.1, -0.05) is 15.9 Å². The lowest BCUT2D eigenvalue weighted by molar-refractivity contribution is -0.137. The van der Waals surface area contributed by atoms with E-state index >= 15 is 0 Å². The highest BCUT2D eigenvalue weighted by molar-refractivity contribution is 9.10. The van der Waals surface area contributed by atoms with Crippen molar-refractivity contribution in [2.45, 2.75) is 25.1 Å². The summed E-state index contributed by atoms with van der Waals surface area (Å²) in [6.07, 6.45) is -2.42. The molecule has 0 spiro atoms. The number of rotatable bonds is 2. The van der Waals surface area contributed by atoms with Crippen molar-refractivity contribution in [2.24, 2.45) is 0 Å². The lowest BCUT2D eigenvalue weighted by Gasteiger charge is -2.35. The van der Waals surface area contributed by atoms with Gasteiger partial charge in [0.2, 0.25) is 0 Å². The van der Waals surface area contributed by atoms with Crippen LogP contribution in [-0.2, 0) is 6.18 Å². The Morgan fingerprint density at radius 1 is 1.37 bits per heavy atom. The highest BCUT2D eigenvalue weighted by Crippen LogP contribution is 2.38. The number of halogens is 4. The van der Waals surface area contributed by atoms with E-state index < -0.39 is 11.7 Å². The minimum Gasteiger partial charge on any atom is -0.369 e. The number of nitrogens with zero attached hydrogens (tertiary/aromatic N) is 1. The van der Waals surface area contributed by atoms with E-state index in [9.17, 15) is 13.2 Å². The molecule has 6 heteroatoms. The Balaban J connectivity index is 2.34. The molecular weight excluding hydrogens is 321 g/mol. The number of benzene rings is 1. The molecule has 1 N–H and O–H groups in total. The number of hydrogen-bond acceptors (Lipinski definition) is 2. The van der Waals surface area contributed by atoms with Crippen LogP contribution in [0.3, 0.4) is 0 Å². The zero-order valence-electron chi connectivity index (χ0n) is 10.6. The molecule has 2 rings (SSSR count). The summed E-state index contributed by atoms with van der Waals surface area (Å²) in [6, 6.07) is 4.38. The molecule has 0 bridgehead atoms. The molecule has 0 aromatic heterocycles. The van der Waals surface area contributed by atoms with E-state index in [-0.39, 0.29) is 11.7 Å². The third-order valence-electron chi connectivity index (χ3n) is 3.44. The second-order valence-electron chi connectivity index (χ2n) is 4.73. The quantitative estimate of drug-likeness (QED) is 0.886. The number of alkyl halides is 3. The first-order valence-electron chi connectivity index (χ1n) is 6.21. The van der Waals surface area contributed by atoms with Gasteiger partial charge in [0.1, 0.15) is 0 Å². The van der Waals surface area contributed by atoms with E-state index in [1.165, 1.54) is 6.07 Å². The first-order chi connectivity index (χ1) is 8.91. The Hall–Kier alpha value is -0.750. The molecule has 19 heavy (non-hydrogen) atoms. The fraction of sp³-hybridized carbons (Fsp3) is 0.538. The van der Waals surface area contributed by atoms with Gasteiger partial charge in [-0.25, -0.2) is 0 Å². The number of piperidine rings is 1. The lowest BCUT2D eigenvalue weighted by atomic mass is 10.0. The van der Waals surface area contributed by atoms with Gasteiger partial charge >= 0.3 is 6.18 Å². The average molecular weight is 337 g/mol. The zero-order valence-corrected chi connectivity index (χ0v) is 12.2. The molecule has 0 aliphatic carbocycles. The highest BCUT2D eigenvalue weighted by atomic mass is 79.9. The van der Waals surface area contributed by atoms with E-state index in [1.54, 1.807) is 6.07 Å². The normalized spacial score (nSPS) is 20.7. The summed E-state index contributed by atoms with van der Waals surface area (Å²) in [7, 11) is 1.85. The molecule has 1 fully saturated rings. The first-order valence-corrected chi connectivity index (χ1v) is 7.00. The Bertz CT molecular complexity index is 448. The Morgan fingerprint density at radius 2 is 2.11 bits per heavy atom. The maximum atomic E-state index is 13.1. The number of likely N-dealkylation sites (N-methyl/N-ethyl adjacent to an activating group) is 1. The summed E-state index contributed by atoms with van der Waals surface area (Å²) in [5, 5.41) is 3.14. The van der Waals surface area contributed by atoms with Crippen molar-refractivity contribution in [3.63, 3.8) is 0 Å². The number of nitrogens with one attached hydrogen (secondary N) is 1. The molecule has 1 aromatic rings. The fourth-order valence-corrected chi connectivity index (χ4v) is 2.79. The topological polar surface area (TPSA) is 15.3 Å². The SMILES string of the molecule is CNC1CCCN(c2cc(Br)ccc2C(F)(F)F)C1. The third kappa shape index (κ3) is 3.42. The van der Waals surface area contributed by atoms with Gasteiger partial charge in [-0.05, 0) is 38.1 Å². The predicted octanol–water partition coefficient (Wildman–Crippen LogP) is 3.66. The second-order valence-corrected chi connectivity index (χ2v) is 5.65. The van der Waals surface area contributed by atoms with Gasteiger partial charge in [0, 0.05) is 23.6 Å². The maximum Gasteiger partial charge on any atom is 0.418 e. The summed E-state index contributed by atoms with van der Waals surface area (Å²) in [6.45, 7) is 1.27. The van der Waals surface area contributed by atoms with Gasteiger partial charge in [0.05, 0.1) is 11.3 Å². The molecule has 1 aliphatic rings. The van der Waals surface area contributed by atoms with Crippen LogP contribution in [0.25, 0.3) is 0 Å². The molecule has 0 radical (unpaired) electrons. The monoisotopic (exact) mass is 336 g/mol. The van der Waals surface area contributed by atoms with Crippen LogP contribution in [0.4, 0.5) is 18.9 Å². The van der Waals surface area contributed by atoms with Crippen LogP contribution in [0.5, 0.6) is 0 Å². The molecule has 2 nitrogen and oxygen atoms in total. The lowest BCUT2D eigenvalue weighted by Crippen LogP contribution is -2.45. The number of anilines is 1. The standard InChI is InChI=1S/C13H16BrF3N2/c1-18-10-3-2-6-19(8-10)12-7-9(14)4-5-11(12)13(15,16)17/h4-5,7,10,18H,2-3,6,8H2,1H3. The van der Waals surface area contributed by atoms with Gasteiger partial charge in [0.15, 0.2) is 0 Å². The molecule has 1 unspecified atom stereocenters. The van der Waals surface area contributed by atoms with Gasteiger partial charge in [-0.15, -0.1) is 0 Å². The van der Waals surface area contributed by atoms with Gasteiger partial charge in [0.25, 0.3) is 0 Å². The molecule has 106 valence electrons. The van der Waals surface area contributed by atoms with Crippen LogP contribution >= 0.6 is 15.9 Å². The van der Waals surface area contributed by atoms with Crippen LogP contribution in [-0.4, -0.2) is 26.2 Å². The summed E-state index contributed by atoms with van der Waals surface area (Å²) < 4.78 is 39.8. The second kappa shape index (κ2) is 5.71. The van der Waals surface area contributed by atoms with Crippen LogP contribution < -0.4 is 10.2 Å². The zero-order chi connectivity index (χ0) is 14.0. The minimum absolute atomic E-state index is 0.244. The van der Waals surface area contributed by atoms with Crippen molar-refractivity contribution >= 4 is 21.6 Å². The highest BCUT2D eigenvalue weighted by Gasteiger charge is 2.35. The molecule has 1 saturated heterocycles. The van der Waals surface area contributed by atoms with E-state index in [1.807, 2.05) is 11.9 Å². The Kier molecular flexibility index (Phi) is 4.40. The molecule has 1 aliphatic heterocycles. The van der Waals surface area contributed by atoms with Crippen molar-refractivity contribution in [3.8, 4) is 0 Å². The Morgan fingerprint density at radius 3 is 2.74 bits per heavy atom. The molecule has 1 heterocycles. The van der Waals surface area contributed by atoms with E-state index in [0.29, 0.717) is 17.6 Å². The van der Waals surface area contributed by atoms with Crippen LogP contribution in [0.15, 0.2) is 22.7 Å². The van der Waals surface area contributed by atoms with E-state index in [4.69, 9.17) is 0 Å². The fourth-order valence-electron chi connectivity index (χ4n) is 2.44. The van der Waals surface area contributed by atoms with Gasteiger partial charge in [-0.2, -0.15) is 13.2 Å². The summed E-state index contributed by atoms with van der Waals surface area (Å²) in [5.41, 5.74) is -0.297. The van der Waals surface area contributed by atoms with Crippen molar-refractivity contribution in [1.82, 2.24) is 5.32 Å².